The maximum Gasteiger partial charge on any atom is 0.407 e. The molecule has 0 bridgehead atoms. The second kappa shape index (κ2) is 6.67. The molecular weight excluding hydrogens is 372 g/mol. The van der Waals surface area contributed by atoms with E-state index in [1.165, 1.54) is 11.3 Å². The van der Waals surface area contributed by atoms with Gasteiger partial charge in [-0.1, -0.05) is 0 Å². The molecule has 1 fully saturated rings. The number of fused-ring (bicyclic) bond motifs is 1. The van der Waals surface area contributed by atoms with Gasteiger partial charge in [-0.05, 0) is 62.4 Å². The first-order chi connectivity index (χ1) is 11.2. The van der Waals surface area contributed by atoms with Crippen molar-refractivity contribution in [2.75, 3.05) is 13.1 Å². The summed E-state index contributed by atoms with van der Waals surface area (Å²) in [4.78, 5) is 14.3. The van der Waals surface area contributed by atoms with Crippen LogP contribution in [0.15, 0.2) is 4.60 Å². The Morgan fingerprint density at radius 1 is 1.38 bits per heavy atom. The van der Waals surface area contributed by atoms with Crippen molar-refractivity contribution in [2.24, 2.45) is 5.92 Å². The lowest BCUT2D eigenvalue weighted by Crippen LogP contribution is -2.49. The monoisotopic (exact) mass is 398 g/mol. The number of nitrogens with zero attached hydrogens (tertiary/aromatic N) is 3. The van der Waals surface area contributed by atoms with E-state index in [1.54, 1.807) is 0 Å². The standard InChI is InChI=1S/C17H27BrN4O2/c1-11-14-10-21(5-6-22(14)20-15(11)18)9-12-7-13(8-12)19-16(23)24-17(2,3)4/h12-13H,5-10H2,1-4H3,(H,19,23). The highest BCUT2D eigenvalue weighted by atomic mass is 79.9. The topological polar surface area (TPSA) is 59.4 Å². The van der Waals surface area contributed by atoms with Crippen molar-refractivity contribution in [1.82, 2.24) is 20.0 Å². The number of amides is 1. The van der Waals surface area contributed by atoms with Gasteiger partial charge >= 0.3 is 6.09 Å². The quantitative estimate of drug-likeness (QED) is 0.849. The van der Waals surface area contributed by atoms with Gasteiger partial charge in [0.15, 0.2) is 0 Å². The molecule has 0 aromatic carbocycles. The number of carbonyl (C=O) groups excluding carboxylic acids is 1. The van der Waals surface area contributed by atoms with Gasteiger partial charge in [0, 0.05) is 31.2 Å². The number of hydrogen-bond donors (Lipinski definition) is 1. The summed E-state index contributed by atoms with van der Waals surface area (Å²) in [5.74, 6) is 0.656. The van der Waals surface area contributed by atoms with Crippen LogP contribution in [0.4, 0.5) is 4.79 Å². The number of ether oxygens (including phenoxy) is 1. The lowest BCUT2D eigenvalue weighted by Gasteiger charge is -2.40. The van der Waals surface area contributed by atoms with Crippen molar-refractivity contribution >= 4 is 22.0 Å². The molecule has 134 valence electrons. The maximum atomic E-state index is 11.8. The Balaban J connectivity index is 1.42. The first-order valence-electron chi connectivity index (χ1n) is 8.65. The third kappa shape index (κ3) is 4.11. The molecule has 3 rings (SSSR count). The second-order valence-corrected chi connectivity index (χ2v) is 8.75. The third-order valence-electron chi connectivity index (χ3n) is 4.74. The minimum Gasteiger partial charge on any atom is -0.444 e. The van der Waals surface area contributed by atoms with Crippen LogP contribution >= 0.6 is 15.9 Å². The highest BCUT2D eigenvalue weighted by Crippen LogP contribution is 2.30. The zero-order valence-electron chi connectivity index (χ0n) is 14.9. The van der Waals surface area contributed by atoms with Gasteiger partial charge in [0.05, 0.1) is 12.2 Å². The Hall–Kier alpha value is -1.08. The molecule has 0 spiro atoms. The van der Waals surface area contributed by atoms with Crippen LogP contribution in [0.3, 0.4) is 0 Å². The van der Waals surface area contributed by atoms with E-state index in [-0.39, 0.29) is 12.1 Å². The Morgan fingerprint density at radius 3 is 2.75 bits per heavy atom. The van der Waals surface area contributed by atoms with Crippen molar-refractivity contribution in [3.63, 3.8) is 0 Å². The van der Waals surface area contributed by atoms with Crippen LogP contribution in [-0.4, -0.2) is 45.5 Å². The number of aromatic nitrogens is 2. The van der Waals surface area contributed by atoms with Crippen molar-refractivity contribution in [3.05, 3.63) is 15.9 Å². The zero-order valence-corrected chi connectivity index (χ0v) is 16.5. The molecule has 1 N–H and O–H groups in total. The zero-order chi connectivity index (χ0) is 17.5. The second-order valence-electron chi connectivity index (χ2n) is 8.00. The van der Waals surface area contributed by atoms with Crippen molar-refractivity contribution < 1.29 is 9.53 Å². The van der Waals surface area contributed by atoms with E-state index < -0.39 is 5.60 Å². The van der Waals surface area contributed by atoms with Crippen LogP contribution in [0.1, 0.15) is 44.9 Å². The molecule has 7 heteroatoms. The minimum atomic E-state index is -0.434. The average molecular weight is 399 g/mol. The van der Waals surface area contributed by atoms with Crippen LogP contribution in [0.2, 0.25) is 0 Å². The lowest BCUT2D eigenvalue weighted by atomic mass is 9.80. The van der Waals surface area contributed by atoms with Crippen molar-refractivity contribution in [1.29, 1.82) is 0 Å². The van der Waals surface area contributed by atoms with Gasteiger partial charge in [0.2, 0.25) is 0 Å². The molecule has 6 nitrogen and oxygen atoms in total. The third-order valence-corrected chi connectivity index (χ3v) is 5.49. The summed E-state index contributed by atoms with van der Waals surface area (Å²) in [7, 11) is 0. The van der Waals surface area contributed by atoms with E-state index in [0.717, 1.165) is 43.6 Å². The van der Waals surface area contributed by atoms with Gasteiger partial charge in [0.1, 0.15) is 10.2 Å². The molecule has 24 heavy (non-hydrogen) atoms. The van der Waals surface area contributed by atoms with Gasteiger partial charge < -0.3 is 10.1 Å². The highest BCUT2D eigenvalue weighted by molar-refractivity contribution is 9.10. The van der Waals surface area contributed by atoms with Gasteiger partial charge in [-0.15, -0.1) is 0 Å². The fourth-order valence-corrected chi connectivity index (χ4v) is 3.88. The number of halogens is 1. The summed E-state index contributed by atoms with van der Waals surface area (Å²) >= 11 is 3.52. The van der Waals surface area contributed by atoms with Crippen LogP contribution in [0.25, 0.3) is 0 Å². The number of nitrogens with one attached hydrogen (secondary N) is 1. The Bertz CT molecular complexity index is 617. The molecule has 1 amide bonds. The molecule has 0 unspecified atom stereocenters. The van der Waals surface area contributed by atoms with Gasteiger partial charge in [0.25, 0.3) is 0 Å². The first kappa shape index (κ1) is 17.7. The van der Waals surface area contributed by atoms with Gasteiger partial charge in [-0.3, -0.25) is 9.58 Å². The molecule has 1 saturated carbocycles. The fraction of sp³-hybridized carbons (Fsp3) is 0.765. The summed E-state index contributed by atoms with van der Waals surface area (Å²) in [6.45, 7) is 11.8. The summed E-state index contributed by atoms with van der Waals surface area (Å²) < 4.78 is 8.39. The first-order valence-corrected chi connectivity index (χ1v) is 9.44. The van der Waals surface area contributed by atoms with E-state index in [9.17, 15) is 4.79 Å². The van der Waals surface area contributed by atoms with Gasteiger partial charge in [-0.2, -0.15) is 5.10 Å². The molecule has 1 aromatic rings. The number of hydrogen-bond acceptors (Lipinski definition) is 4. The molecular formula is C17H27BrN4O2. The molecule has 0 atom stereocenters. The molecule has 0 radical (unpaired) electrons. The fourth-order valence-electron chi connectivity index (χ4n) is 3.46. The molecule has 0 saturated heterocycles. The molecule has 1 aliphatic heterocycles. The number of rotatable bonds is 3. The van der Waals surface area contributed by atoms with E-state index in [4.69, 9.17) is 4.74 Å². The van der Waals surface area contributed by atoms with E-state index in [0.29, 0.717) is 5.92 Å². The predicted molar refractivity (Wildman–Crippen MR) is 95.8 cm³/mol. The Labute approximate surface area is 152 Å². The Kier molecular flexibility index (Phi) is 4.93. The molecule has 1 aliphatic carbocycles. The molecule has 1 aromatic heterocycles. The minimum absolute atomic E-state index is 0.260. The number of carbonyl (C=O) groups is 1. The largest absolute Gasteiger partial charge is 0.444 e. The lowest BCUT2D eigenvalue weighted by molar-refractivity contribution is 0.0426. The predicted octanol–water partition coefficient (Wildman–Crippen LogP) is 3.07. The van der Waals surface area contributed by atoms with E-state index in [1.807, 2.05) is 20.8 Å². The summed E-state index contributed by atoms with van der Waals surface area (Å²) in [6.07, 6.45) is 1.78. The van der Waals surface area contributed by atoms with E-state index >= 15 is 0 Å². The molecule has 2 heterocycles. The number of alkyl carbamates (subject to hydrolysis) is 1. The smallest absolute Gasteiger partial charge is 0.407 e. The summed E-state index contributed by atoms with van der Waals surface area (Å²) in [5, 5.41) is 7.49. The van der Waals surface area contributed by atoms with Crippen molar-refractivity contribution in [2.45, 2.75) is 65.3 Å². The van der Waals surface area contributed by atoms with Crippen molar-refractivity contribution in [3.8, 4) is 0 Å². The van der Waals surface area contributed by atoms with E-state index in [2.05, 4.69) is 42.9 Å². The SMILES string of the molecule is Cc1c(Br)nn2c1CN(CC1CC(NC(=O)OC(C)(C)C)C1)CC2. The van der Waals surface area contributed by atoms with Crippen LogP contribution < -0.4 is 5.32 Å². The van der Waals surface area contributed by atoms with Crippen LogP contribution in [0, 0.1) is 12.8 Å². The van der Waals surface area contributed by atoms with Gasteiger partial charge in [-0.25, -0.2) is 4.79 Å². The van der Waals surface area contributed by atoms with Crippen LogP contribution in [0.5, 0.6) is 0 Å². The summed E-state index contributed by atoms with van der Waals surface area (Å²) in [6, 6.07) is 0.260. The molecule has 2 aliphatic rings. The average Bonchev–Trinajstić information content (AvgIpc) is 2.70. The highest BCUT2D eigenvalue weighted by Gasteiger charge is 2.33. The van der Waals surface area contributed by atoms with Crippen LogP contribution in [-0.2, 0) is 17.8 Å². The summed E-state index contributed by atoms with van der Waals surface area (Å²) in [5.41, 5.74) is 2.13. The normalized spacial score (nSPS) is 24.2. The maximum absolute atomic E-state index is 11.8. The Morgan fingerprint density at radius 2 is 2.08 bits per heavy atom.